The molecule has 2 rings (SSSR count). The van der Waals surface area contributed by atoms with E-state index in [-0.39, 0.29) is 5.92 Å². The van der Waals surface area contributed by atoms with Crippen molar-refractivity contribution >= 4 is 11.5 Å². The molecule has 0 spiro atoms. The van der Waals surface area contributed by atoms with Crippen molar-refractivity contribution in [2.75, 3.05) is 17.7 Å². The average Bonchev–Trinajstić information content (AvgIpc) is 2.97. The van der Waals surface area contributed by atoms with Gasteiger partial charge in [0.25, 0.3) is 0 Å². The van der Waals surface area contributed by atoms with E-state index in [0.29, 0.717) is 42.3 Å². The summed E-state index contributed by atoms with van der Waals surface area (Å²) < 4.78 is 11.0. The molecule has 0 aliphatic carbocycles. The van der Waals surface area contributed by atoms with E-state index in [1.807, 2.05) is 26.0 Å². The Labute approximate surface area is 131 Å². The molecule has 6 heteroatoms. The number of hydrogen-bond donors (Lipinski definition) is 2. The van der Waals surface area contributed by atoms with E-state index in [1.165, 1.54) is 0 Å². The predicted molar refractivity (Wildman–Crippen MR) is 86.9 cm³/mol. The molecule has 0 aliphatic rings. The van der Waals surface area contributed by atoms with E-state index in [0.717, 1.165) is 5.76 Å². The maximum Gasteiger partial charge on any atom is 0.242 e. The first-order chi connectivity index (χ1) is 10.5. The zero-order valence-electron chi connectivity index (χ0n) is 13.6. The molecule has 120 valence electrons. The van der Waals surface area contributed by atoms with Gasteiger partial charge in [0.2, 0.25) is 5.88 Å². The maximum atomic E-state index is 6.13. The lowest BCUT2D eigenvalue weighted by Crippen LogP contribution is -2.13. The molecule has 22 heavy (non-hydrogen) atoms. The Kier molecular flexibility index (Phi) is 5.25. The molecule has 0 amide bonds. The van der Waals surface area contributed by atoms with Gasteiger partial charge in [0.15, 0.2) is 5.82 Å². The van der Waals surface area contributed by atoms with Crippen LogP contribution in [0.2, 0.25) is 0 Å². The first-order valence-corrected chi connectivity index (χ1v) is 7.53. The Morgan fingerprint density at radius 3 is 2.64 bits per heavy atom. The largest absolute Gasteiger partial charge is 0.476 e. The summed E-state index contributed by atoms with van der Waals surface area (Å²) in [7, 11) is 0. The lowest BCUT2D eigenvalue weighted by molar-refractivity contribution is 0.261. The minimum absolute atomic E-state index is 0.186. The van der Waals surface area contributed by atoms with E-state index < -0.39 is 0 Å². The molecule has 6 nitrogen and oxygen atoms in total. The van der Waals surface area contributed by atoms with Crippen LogP contribution in [-0.4, -0.2) is 16.6 Å². The van der Waals surface area contributed by atoms with Gasteiger partial charge >= 0.3 is 0 Å². The average molecular weight is 304 g/mol. The number of nitrogens with zero attached hydrogens (tertiary/aromatic N) is 2. The number of hydrogen-bond acceptors (Lipinski definition) is 6. The molecule has 3 N–H and O–H groups in total. The van der Waals surface area contributed by atoms with Crippen LogP contribution in [0.15, 0.2) is 22.8 Å². The highest BCUT2D eigenvalue weighted by Crippen LogP contribution is 2.29. The van der Waals surface area contributed by atoms with Crippen molar-refractivity contribution in [2.45, 2.75) is 40.2 Å². The number of ether oxygens (including phenoxy) is 1. The molecule has 0 radical (unpaired) electrons. The van der Waals surface area contributed by atoms with Gasteiger partial charge in [-0.15, -0.1) is 0 Å². The summed E-state index contributed by atoms with van der Waals surface area (Å²) in [5.74, 6) is 3.12. The molecule has 2 heterocycles. The first-order valence-electron chi connectivity index (χ1n) is 7.53. The van der Waals surface area contributed by atoms with Gasteiger partial charge < -0.3 is 20.2 Å². The molecule has 0 unspecified atom stereocenters. The molecule has 0 aliphatic heterocycles. The summed E-state index contributed by atoms with van der Waals surface area (Å²) in [4.78, 5) is 8.92. The molecule has 0 saturated carbocycles. The standard InChI is InChI=1S/C16H24N4O2/c1-10(2)9-22-16-13(17)15(19-14(20-16)11(3)4)18-8-12-6-5-7-21-12/h5-7,10-11H,8-9,17H2,1-4H3,(H,18,19,20). The van der Waals surface area contributed by atoms with Crippen LogP contribution in [0.3, 0.4) is 0 Å². The number of rotatable bonds is 7. The van der Waals surface area contributed by atoms with Gasteiger partial charge in [0, 0.05) is 5.92 Å². The van der Waals surface area contributed by atoms with Crippen molar-refractivity contribution in [1.82, 2.24) is 9.97 Å². The van der Waals surface area contributed by atoms with Crippen LogP contribution in [0.25, 0.3) is 0 Å². The minimum atomic E-state index is 0.186. The second-order valence-corrected chi connectivity index (χ2v) is 5.94. The summed E-state index contributed by atoms with van der Waals surface area (Å²) in [6, 6.07) is 3.74. The van der Waals surface area contributed by atoms with Gasteiger partial charge in [-0.25, -0.2) is 4.98 Å². The van der Waals surface area contributed by atoms with Crippen molar-refractivity contribution in [2.24, 2.45) is 5.92 Å². The topological polar surface area (TPSA) is 86.2 Å². The Morgan fingerprint density at radius 2 is 2.05 bits per heavy atom. The number of anilines is 2. The van der Waals surface area contributed by atoms with E-state index in [9.17, 15) is 0 Å². The smallest absolute Gasteiger partial charge is 0.242 e. The monoisotopic (exact) mass is 304 g/mol. The van der Waals surface area contributed by atoms with E-state index >= 15 is 0 Å². The number of nitrogen functional groups attached to an aromatic ring is 1. The van der Waals surface area contributed by atoms with Gasteiger partial charge in [0.05, 0.1) is 19.4 Å². The Morgan fingerprint density at radius 1 is 1.27 bits per heavy atom. The van der Waals surface area contributed by atoms with E-state index in [4.69, 9.17) is 14.9 Å². The molecule has 0 fully saturated rings. The summed E-state index contributed by atoms with van der Waals surface area (Å²) in [5, 5.41) is 3.19. The zero-order chi connectivity index (χ0) is 16.1. The van der Waals surface area contributed by atoms with Crippen LogP contribution >= 0.6 is 0 Å². The highest BCUT2D eigenvalue weighted by atomic mass is 16.5. The Bertz CT molecular complexity index is 594. The molecule has 0 saturated heterocycles. The highest BCUT2D eigenvalue weighted by Gasteiger charge is 2.15. The Hall–Kier alpha value is -2.24. The quantitative estimate of drug-likeness (QED) is 0.815. The van der Waals surface area contributed by atoms with Crippen LogP contribution in [-0.2, 0) is 6.54 Å². The van der Waals surface area contributed by atoms with Crippen LogP contribution in [0, 0.1) is 5.92 Å². The van der Waals surface area contributed by atoms with E-state index in [2.05, 4.69) is 29.1 Å². The number of aromatic nitrogens is 2. The van der Waals surface area contributed by atoms with Crippen molar-refractivity contribution < 1.29 is 9.15 Å². The molecular weight excluding hydrogens is 280 g/mol. The summed E-state index contributed by atoms with van der Waals surface area (Å²) in [6.45, 7) is 9.31. The highest BCUT2D eigenvalue weighted by molar-refractivity contribution is 5.67. The van der Waals surface area contributed by atoms with Crippen molar-refractivity contribution in [3.8, 4) is 5.88 Å². The van der Waals surface area contributed by atoms with Crippen molar-refractivity contribution in [3.05, 3.63) is 30.0 Å². The minimum Gasteiger partial charge on any atom is -0.476 e. The molecule has 2 aromatic heterocycles. The van der Waals surface area contributed by atoms with Crippen LogP contribution in [0.4, 0.5) is 11.5 Å². The summed E-state index contributed by atoms with van der Waals surface area (Å²) in [5.41, 5.74) is 6.56. The second-order valence-electron chi connectivity index (χ2n) is 5.94. The third-order valence-electron chi connectivity index (χ3n) is 3.01. The lowest BCUT2D eigenvalue weighted by Gasteiger charge is -2.16. The third kappa shape index (κ3) is 4.13. The molecule has 0 bridgehead atoms. The Balaban J connectivity index is 2.22. The van der Waals surface area contributed by atoms with Gasteiger partial charge in [0.1, 0.15) is 17.3 Å². The number of nitrogens with two attached hydrogens (primary N) is 1. The number of furan rings is 1. The van der Waals surface area contributed by atoms with Crippen LogP contribution in [0.5, 0.6) is 5.88 Å². The fourth-order valence-corrected chi connectivity index (χ4v) is 1.80. The third-order valence-corrected chi connectivity index (χ3v) is 3.01. The number of nitrogens with one attached hydrogen (secondary N) is 1. The molecular formula is C16H24N4O2. The van der Waals surface area contributed by atoms with Gasteiger partial charge in [-0.1, -0.05) is 27.7 Å². The summed E-state index contributed by atoms with van der Waals surface area (Å²) in [6.07, 6.45) is 1.64. The second kappa shape index (κ2) is 7.15. The van der Waals surface area contributed by atoms with Gasteiger partial charge in [-0.05, 0) is 18.1 Å². The first kappa shape index (κ1) is 16.1. The van der Waals surface area contributed by atoms with Crippen molar-refractivity contribution in [3.63, 3.8) is 0 Å². The van der Waals surface area contributed by atoms with Gasteiger partial charge in [-0.2, -0.15) is 4.98 Å². The molecule has 0 aromatic carbocycles. The summed E-state index contributed by atoms with van der Waals surface area (Å²) >= 11 is 0. The van der Waals surface area contributed by atoms with E-state index in [1.54, 1.807) is 6.26 Å². The fraction of sp³-hybridized carbons (Fsp3) is 0.500. The fourth-order valence-electron chi connectivity index (χ4n) is 1.80. The zero-order valence-corrected chi connectivity index (χ0v) is 13.6. The predicted octanol–water partition coefficient (Wildman–Crippen LogP) is 3.42. The molecule has 0 atom stereocenters. The van der Waals surface area contributed by atoms with Crippen LogP contribution < -0.4 is 15.8 Å². The lowest BCUT2D eigenvalue weighted by atomic mass is 10.2. The SMILES string of the molecule is CC(C)COc1nc(C(C)C)nc(NCc2ccco2)c1N. The van der Waals surface area contributed by atoms with Crippen molar-refractivity contribution in [1.29, 1.82) is 0 Å². The van der Waals surface area contributed by atoms with Crippen LogP contribution in [0.1, 0.15) is 45.2 Å². The van der Waals surface area contributed by atoms with Gasteiger partial charge in [-0.3, -0.25) is 0 Å². The molecule has 2 aromatic rings. The maximum absolute atomic E-state index is 6.13. The normalized spacial score (nSPS) is 11.2.